The summed E-state index contributed by atoms with van der Waals surface area (Å²) < 4.78 is 5.46. The van der Waals surface area contributed by atoms with E-state index in [4.69, 9.17) is 9.84 Å². The maximum absolute atomic E-state index is 10.8. The predicted molar refractivity (Wildman–Crippen MR) is 69.3 cm³/mol. The Bertz CT molecular complexity index is 480. The zero-order valence-corrected chi connectivity index (χ0v) is 10.9. The average Bonchev–Trinajstić information content (AvgIpc) is 2.38. The van der Waals surface area contributed by atoms with Gasteiger partial charge in [0.2, 0.25) is 0 Å². The summed E-state index contributed by atoms with van der Waals surface area (Å²) in [6.07, 6.45) is -0.242. The lowest BCUT2D eigenvalue weighted by Gasteiger charge is -2.38. The third-order valence-corrected chi connectivity index (χ3v) is 3.24. The Morgan fingerprint density at radius 2 is 2.37 bits per heavy atom. The van der Waals surface area contributed by atoms with Crippen LogP contribution in [0.2, 0.25) is 0 Å². The first kappa shape index (κ1) is 13.7. The number of aryl methyl sites for hydroxylation is 1. The standard InChI is InChI=1S/C12H17N3O4/c1-8-7-19-10(6-16)5-14(8)12-4-3-11(15(17)18)9(2)13-12/h3-4,8,10,16H,5-7H2,1-2H3. The number of morpholine rings is 1. The van der Waals surface area contributed by atoms with Crippen molar-refractivity contribution in [1.29, 1.82) is 0 Å². The Hall–Kier alpha value is -1.73. The van der Waals surface area contributed by atoms with Crippen molar-refractivity contribution in [2.24, 2.45) is 0 Å². The van der Waals surface area contributed by atoms with E-state index in [0.717, 1.165) is 0 Å². The van der Waals surface area contributed by atoms with Gasteiger partial charge in [-0.15, -0.1) is 0 Å². The van der Waals surface area contributed by atoms with Gasteiger partial charge in [-0.1, -0.05) is 0 Å². The smallest absolute Gasteiger partial charge is 0.290 e. The van der Waals surface area contributed by atoms with Gasteiger partial charge in [0.15, 0.2) is 0 Å². The van der Waals surface area contributed by atoms with E-state index >= 15 is 0 Å². The third-order valence-electron chi connectivity index (χ3n) is 3.24. The van der Waals surface area contributed by atoms with Gasteiger partial charge in [0, 0.05) is 12.6 Å². The molecule has 0 aliphatic carbocycles. The number of hydrogen-bond acceptors (Lipinski definition) is 6. The highest BCUT2D eigenvalue weighted by molar-refractivity contribution is 5.47. The molecule has 0 amide bonds. The molecule has 1 saturated heterocycles. The van der Waals surface area contributed by atoms with Crippen LogP contribution >= 0.6 is 0 Å². The number of hydrogen-bond donors (Lipinski definition) is 1. The number of nitro groups is 1. The average molecular weight is 267 g/mol. The maximum Gasteiger partial charge on any atom is 0.290 e. The summed E-state index contributed by atoms with van der Waals surface area (Å²) in [4.78, 5) is 16.6. The van der Waals surface area contributed by atoms with Gasteiger partial charge in [0.1, 0.15) is 11.5 Å². The Kier molecular flexibility index (Phi) is 3.96. The number of anilines is 1. The number of nitrogens with zero attached hydrogens (tertiary/aromatic N) is 3. The van der Waals surface area contributed by atoms with Crippen LogP contribution < -0.4 is 4.90 Å². The minimum Gasteiger partial charge on any atom is -0.394 e. The van der Waals surface area contributed by atoms with E-state index in [-0.39, 0.29) is 24.4 Å². The van der Waals surface area contributed by atoms with Crippen LogP contribution in [0.25, 0.3) is 0 Å². The van der Waals surface area contributed by atoms with Gasteiger partial charge < -0.3 is 14.7 Å². The first-order valence-electron chi connectivity index (χ1n) is 6.14. The first-order chi connectivity index (χ1) is 9.02. The molecule has 1 aromatic rings. The monoisotopic (exact) mass is 267 g/mol. The number of ether oxygens (including phenoxy) is 1. The van der Waals surface area contributed by atoms with E-state index in [0.29, 0.717) is 24.7 Å². The Morgan fingerprint density at radius 3 is 2.95 bits per heavy atom. The van der Waals surface area contributed by atoms with Crippen LogP contribution in [0.3, 0.4) is 0 Å². The predicted octanol–water partition coefficient (Wildman–Crippen LogP) is 0.884. The van der Waals surface area contributed by atoms with Crippen molar-refractivity contribution < 1.29 is 14.8 Å². The molecule has 1 N–H and O–H groups in total. The molecule has 0 aromatic carbocycles. The Labute approximate surface area is 111 Å². The summed E-state index contributed by atoms with van der Waals surface area (Å²) in [5.74, 6) is 0.678. The summed E-state index contributed by atoms with van der Waals surface area (Å²) in [5, 5.41) is 19.9. The van der Waals surface area contributed by atoms with Crippen LogP contribution in [-0.4, -0.2) is 46.9 Å². The molecular formula is C12H17N3O4. The van der Waals surface area contributed by atoms with Gasteiger partial charge >= 0.3 is 0 Å². The van der Waals surface area contributed by atoms with E-state index in [9.17, 15) is 10.1 Å². The highest BCUT2D eigenvalue weighted by Crippen LogP contribution is 2.24. The van der Waals surface area contributed by atoms with Crippen molar-refractivity contribution in [3.8, 4) is 0 Å². The molecule has 7 nitrogen and oxygen atoms in total. The molecule has 0 spiro atoms. The van der Waals surface area contributed by atoms with Crippen LogP contribution in [0.1, 0.15) is 12.6 Å². The maximum atomic E-state index is 10.8. The van der Waals surface area contributed by atoms with Crippen LogP contribution in [0.15, 0.2) is 12.1 Å². The highest BCUT2D eigenvalue weighted by Gasteiger charge is 2.27. The van der Waals surface area contributed by atoms with Gasteiger partial charge in [-0.05, 0) is 19.9 Å². The second-order valence-corrected chi connectivity index (χ2v) is 4.67. The van der Waals surface area contributed by atoms with E-state index in [1.807, 2.05) is 11.8 Å². The number of aliphatic hydroxyl groups is 1. The second kappa shape index (κ2) is 5.50. The molecule has 1 fully saturated rings. The lowest BCUT2D eigenvalue weighted by Crippen LogP contribution is -2.50. The zero-order chi connectivity index (χ0) is 14.0. The SMILES string of the molecule is Cc1nc(N2CC(CO)OCC2C)ccc1[N+](=O)[O-]. The van der Waals surface area contributed by atoms with E-state index in [1.54, 1.807) is 13.0 Å². The molecule has 1 aromatic heterocycles. The number of pyridine rings is 1. The van der Waals surface area contributed by atoms with E-state index in [2.05, 4.69) is 4.98 Å². The van der Waals surface area contributed by atoms with Crippen molar-refractivity contribution in [3.63, 3.8) is 0 Å². The molecular weight excluding hydrogens is 250 g/mol. The van der Waals surface area contributed by atoms with Crippen molar-refractivity contribution >= 4 is 11.5 Å². The van der Waals surface area contributed by atoms with E-state index in [1.165, 1.54) is 6.07 Å². The van der Waals surface area contributed by atoms with Crippen molar-refractivity contribution in [3.05, 3.63) is 27.9 Å². The summed E-state index contributed by atoms with van der Waals surface area (Å²) in [7, 11) is 0. The largest absolute Gasteiger partial charge is 0.394 e. The van der Waals surface area contributed by atoms with Crippen LogP contribution in [0, 0.1) is 17.0 Å². The number of aromatic nitrogens is 1. The molecule has 104 valence electrons. The normalized spacial score (nSPS) is 23.4. The lowest BCUT2D eigenvalue weighted by molar-refractivity contribution is -0.385. The molecule has 2 heterocycles. The topological polar surface area (TPSA) is 88.7 Å². The van der Waals surface area contributed by atoms with Gasteiger partial charge in [-0.3, -0.25) is 10.1 Å². The lowest BCUT2D eigenvalue weighted by atomic mass is 10.2. The van der Waals surface area contributed by atoms with Crippen LogP contribution in [-0.2, 0) is 4.74 Å². The fourth-order valence-corrected chi connectivity index (χ4v) is 2.14. The molecule has 0 radical (unpaired) electrons. The second-order valence-electron chi connectivity index (χ2n) is 4.67. The molecule has 0 saturated carbocycles. The molecule has 19 heavy (non-hydrogen) atoms. The highest BCUT2D eigenvalue weighted by atomic mass is 16.6. The molecule has 1 aliphatic rings. The van der Waals surface area contributed by atoms with E-state index < -0.39 is 4.92 Å². The van der Waals surface area contributed by atoms with Crippen LogP contribution in [0.4, 0.5) is 11.5 Å². The van der Waals surface area contributed by atoms with Crippen molar-refractivity contribution in [2.75, 3.05) is 24.7 Å². The van der Waals surface area contributed by atoms with Gasteiger partial charge in [0.05, 0.1) is 30.3 Å². The Balaban J connectivity index is 2.25. The summed E-state index contributed by atoms with van der Waals surface area (Å²) in [6, 6.07) is 3.23. The number of aliphatic hydroxyl groups excluding tert-OH is 1. The van der Waals surface area contributed by atoms with Gasteiger partial charge in [-0.2, -0.15) is 0 Å². The van der Waals surface area contributed by atoms with Gasteiger partial charge in [0.25, 0.3) is 5.69 Å². The molecule has 2 rings (SSSR count). The van der Waals surface area contributed by atoms with Crippen molar-refractivity contribution in [2.45, 2.75) is 26.0 Å². The molecule has 7 heteroatoms. The number of rotatable bonds is 3. The van der Waals surface area contributed by atoms with Gasteiger partial charge in [-0.25, -0.2) is 4.98 Å². The van der Waals surface area contributed by atoms with Crippen molar-refractivity contribution in [1.82, 2.24) is 4.98 Å². The molecule has 2 atom stereocenters. The van der Waals surface area contributed by atoms with Crippen LogP contribution in [0.5, 0.6) is 0 Å². The minimum absolute atomic E-state index is 0.0170. The fourth-order valence-electron chi connectivity index (χ4n) is 2.14. The first-order valence-corrected chi connectivity index (χ1v) is 6.14. The zero-order valence-electron chi connectivity index (χ0n) is 10.9. The third kappa shape index (κ3) is 2.82. The minimum atomic E-state index is -0.439. The molecule has 2 unspecified atom stereocenters. The summed E-state index contributed by atoms with van der Waals surface area (Å²) >= 11 is 0. The summed E-state index contributed by atoms with van der Waals surface area (Å²) in [5.41, 5.74) is 0.408. The fraction of sp³-hybridized carbons (Fsp3) is 0.583. The summed E-state index contributed by atoms with van der Waals surface area (Å²) in [6.45, 7) is 4.60. The Morgan fingerprint density at radius 1 is 1.63 bits per heavy atom. The molecule has 0 bridgehead atoms. The quantitative estimate of drug-likeness (QED) is 0.646. The molecule has 1 aliphatic heterocycles.